The van der Waals surface area contributed by atoms with Gasteiger partial charge < -0.3 is 10.6 Å². The lowest BCUT2D eigenvalue weighted by Crippen LogP contribution is -2.15. The molecule has 1 aromatic heterocycles. The van der Waals surface area contributed by atoms with Crippen LogP contribution in [-0.2, 0) is 0 Å². The van der Waals surface area contributed by atoms with Gasteiger partial charge in [-0.2, -0.15) is 5.26 Å². The highest BCUT2D eigenvalue weighted by Crippen LogP contribution is 2.37. The van der Waals surface area contributed by atoms with Gasteiger partial charge in [-0.25, -0.2) is 0 Å². The van der Waals surface area contributed by atoms with E-state index in [1.807, 2.05) is 24.9 Å². The third-order valence-corrected chi connectivity index (χ3v) is 3.60. The number of carbonyl (C=O) groups is 1. The van der Waals surface area contributed by atoms with Crippen LogP contribution in [0.4, 0.5) is 10.7 Å². The van der Waals surface area contributed by atoms with E-state index < -0.39 is 0 Å². The molecule has 0 saturated carbocycles. The number of nitrogens with two attached hydrogens (primary N) is 1. The average molecular weight is 223 g/mol. The molecule has 0 atom stereocenters. The maximum absolute atomic E-state index is 11.3. The monoisotopic (exact) mass is 223 g/mol. The normalized spacial score (nSPS) is 9.73. The van der Waals surface area contributed by atoms with Crippen LogP contribution in [0.5, 0.6) is 0 Å². The van der Waals surface area contributed by atoms with E-state index in [2.05, 4.69) is 0 Å². The lowest BCUT2D eigenvalue weighted by atomic mass is 10.2. The maximum atomic E-state index is 11.3. The number of anilines is 2. The number of nitrogen functional groups attached to an aromatic ring is 1. The van der Waals surface area contributed by atoms with Crippen molar-refractivity contribution in [3.05, 3.63) is 10.4 Å². The summed E-state index contributed by atoms with van der Waals surface area (Å²) in [7, 11) is 1.87. The molecular formula is C10H13N3OS. The van der Waals surface area contributed by atoms with Crippen molar-refractivity contribution in [2.24, 2.45) is 0 Å². The molecule has 0 aromatic carbocycles. The van der Waals surface area contributed by atoms with E-state index >= 15 is 0 Å². The highest BCUT2D eigenvalue weighted by Gasteiger charge is 2.20. The predicted molar refractivity (Wildman–Crippen MR) is 62.4 cm³/mol. The summed E-state index contributed by atoms with van der Waals surface area (Å²) in [5.41, 5.74) is 6.47. The molecule has 0 bridgehead atoms. The number of ketones is 1. The molecule has 0 saturated heterocycles. The van der Waals surface area contributed by atoms with Crippen LogP contribution in [0.1, 0.15) is 29.1 Å². The van der Waals surface area contributed by atoms with E-state index in [1.165, 1.54) is 18.3 Å². The number of nitriles is 1. The first-order valence-corrected chi connectivity index (χ1v) is 5.39. The Morgan fingerprint density at radius 2 is 2.27 bits per heavy atom. The van der Waals surface area contributed by atoms with Crippen LogP contribution < -0.4 is 10.6 Å². The fourth-order valence-electron chi connectivity index (χ4n) is 1.21. The van der Waals surface area contributed by atoms with Crippen LogP contribution in [0.25, 0.3) is 0 Å². The van der Waals surface area contributed by atoms with Crippen molar-refractivity contribution in [3.8, 4) is 6.07 Å². The zero-order valence-electron chi connectivity index (χ0n) is 9.00. The Bertz CT molecular complexity index is 431. The summed E-state index contributed by atoms with van der Waals surface area (Å²) in [5.74, 6) is -0.0928. The van der Waals surface area contributed by atoms with E-state index in [-0.39, 0.29) is 5.78 Å². The molecule has 0 aliphatic rings. The summed E-state index contributed by atoms with van der Waals surface area (Å²) >= 11 is 1.28. The van der Waals surface area contributed by atoms with Crippen molar-refractivity contribution in [2.45, 2.75) is 13.8 Å². The Kier molecular flexibility index (Phi) is 3.32. The van der Waals surface area contributed by atoms with Crippen LogP contribution in [0.3, 0.4) is 0 Å². The number of rotatable bonds is 3. The lowest BCUT2D eigenvalue weighted by molar-refractivity contribution is 0.102. The Labute approximate surface area is 92.9 Å². The smallest absolute Gasteiger partial charge is 0.171 e. The molecule has 15 heavy (non-hydrogen) atoms. The molecular weight excluding hydrogens is 210 g/mol. The van der Waals surface area contributed by atoms with Crippen LogP contribution >= 0.6 is 11.3 Å². The molecule has 80 valence electrons. The molecule has 1 aromatic rings. The average Bonchev–Trinajstić information content (AvgIpc) is 2.54. The zero-order valence-corrected chi connectivity index (χ0v) is 9.81. The quantitative estimate of drug-likeness (QED) is 0.794. The third-order valence-electron chi connectivity index (χ3n) is 2.18. The second-order valence-corrected chi connectivity index (χ2v) is 4.21. The molecule has 2 N–H and O–H groups in total. The van der Waals surface area contributed by atoms with Gasteiger partial charge in [0.05, 0.1) is 10.6 Å². The minimum Gasteiger partial charge on any atom is -0.396 e. The second kappa shape index (κ2) is 4.32. The van der Waals surface area contributed by atoms with Gasteiger partial charge in [-0.1, -0.05) is 0 Å². The largest absolute Gasteiger partial charge is 0.396 e. The van der Waals surface area contributed by atoms with Gasteiger partial charge in [-0.3, -0.25) is 4.79 Å². The lowest BCUT2D eigenvalue weighted by Gasteiger charge is -2.13. The molecule has 0 fully saturated rings. The fourth-order valence-corrected chi connectivity index (χ4v) is 2.31. The maximum Gasteiger partial charge on any atom is 0.171 e. The highest BCUT2D eigenvalue weighted by molar-refractivity contribution is 7.19. The van der Waals surface area contributed by atoms with E-state index in [4.69, 9.17) is 11.0 Å². The zero-order chi connectivity index (χ0) is 11.6. The molecule has 1 rings (SSSR count). The van der Waals surface area contributed by atoms with Gasteiger partial charge in [0.15, 0.2) is 5.78 Å². The third kappa shape index (κ3) is 1.95. The van der Waals surface area contributed by atoms with Gasteiger partial charge in [0.2, 0.25) is 0 Å². The molecule has 0 aliphatic carbocycles. The first-order chi connectivity index (χ1) is 7.02. The summed E-state index contributed by atoms with van der Waals surface area (Å²) in [6, 6.07) is 2.05. The predicted octanol–water partition coefficient (Wildman–Crippen LogP) is 1.86. The summed E-state index contributed by atoms with van der Waals surface area (Å²) in [4.78, 5) is 13.6. The minimum atomic E-state index is -0.0928. The van der Waals surface area contributed by atoms with E-state index in [0.29, 0.717) is 16.1 Å². The summed E-state index contributed by atoms with van der Waals surface area (Å²) in [6.45, 7) is 4.20. The van der Waals surface area contributed by atoms with Gasteiger partial charge >= 0.3 is 0 Å². The number of nitrogens with zero attached hydrogens (tertiary/aromatic N) is 2. The van der Waals surface area contributed by atoms with Crippen molar-refractivity contribution < 1.29 is 4.79 Å². The van der Waals surface area contributed by atoms with Gasteiger partial charge in [0, 0.05) is 20.5 Å². The molecule has 0 unspecified atom stereocenters. The van der Waals surface area contributed by atoms with E-state index in [1.54, 1.807) is 0 Å². The molecule has 0 aliphatic heterocycles. The first kappa shape index (κ1) is 11.5. The van der Waals surface area contributed by atoms with Crippen LogP contribution in [-0.4, -0.2) is 19.4 Å². The van der Waals surface area contributed by atoms with Gasteiger partial charge in [0.1, 0.15) is 16.6 Å². The number of Topliss-reactive ketones (excluding diaryl/α,β-unsaturated/α-hetero) is 1. The summed E-state index contributed by atoms with van der Waals surface area (Å²) in [6.07, 6.45) is 0. The SMILES string of the molecule is CCN(C)c1sc(C(C)=O)c(N)c1C#N. The van der Waals surface area contributed by atoms with Gasteiger partial charge in [0.25, 0.3) is 0 Å². The van der Waals surface area contributed by atoms with Crippen molar-refractivity contribution in [2.75, 3.05) is 24.2 Å². The Hall–Kier alpha value is -1.54. The van der Waals surface area contributed by atoms with Crippen molar-refractivity contribution in [1.29, 1.82) is 5.26 Å². The standard InChI is InChI=1S/C10H13N3OS/c1-4-13(3)10-7(5-11)8(12)9(15-10)6(2)14/h4,12H2,1-3H3. The van der Waals surface area contributed by atoms with E-state index in [9.17, 15) is 4.79 Å². The number of carbonyl (C=O) groups excluding carboxylic acids is 1. The van der Waals surface area contributed by atoms with Crippen LogP contribution in [0, 0.1) is 11.3 Å². The second-order valence-electron chi connectivity index (χ2n) is 3.21. The molecule has 1 heterocycles. The molecule has 0 amide bonds. The Balaban J connectivity index is 3.36. The van der Waals surface area contributed by atoms with E-state index in [0.717, 1.165) is 11.5 Å². The number of hydrogen-bond acceptors (Lipinski definition) is 5. The van der Waals surface area contributed by atoms with Gasteiger partial charge in [-0.15, -0.1) is 11.3 Å². The fraction of sp³-hybridized carbons (Fsp3) is 0.400. The highest BCUT2D eigenvalue weighted by atomic mass is 32.1. The minimum absolute atomic E-state index is 0.0928. The molecule has 5 heteroatoms. The van der Waals surface area contributed by atoms with Gasteiger partial charge in [-0.05, 0) is 6.92 Å². The topological polar surface area (TPSA) is 70.1 Å². The molecule has 4 nitrogen and oxygen atoms in total. The summed E-state index contributed by atoms with van der Waals surface area (Å²) in [5, 5.41) is 9.74. The molecule has 0 radical (unpaired) electrons. The first-order valence-electron chi connectivity index (χ1n) is 4.57. The van der Waals surface area contributed by atoms with Crippen LogP contribution in [0.15, 0.2) is 0 Å². The van der Waals surface area contributed by atoms with Crippen molar-refractivity contribution in [3.63, 3.8) is 0 Å². The van der Waals surface area contributed by atoms with Crippen LogP contribution in [0.2, 0.25) is 0 Å². The Morgan fingerprint density at radius 3 is 2.67 bits per heavy atom. The summed E-state index contributed by atoms with van der Waals surface area (Å²) < 4.78 is 0. The number of hydrogen-bond donors (Lipinski definition) is 1. The van der Waals surface area contributed by atoms with Crippen molar-refractivity contribution >= 4 is 27.8 Å². The van der Waals surface area contributed by atoms with Crippen molar-refractivity contribution in [1.82, 2.24) is 0 Å². The molecule has 0 spiro atoms. The number of thiophene rings is 1. The Morgan fingerprint density at radius 1 is 1.67 bits per heavy atom.